The standard InChI is InChI=1S/C17H25FN2O/c1-3-19-9-4-10-20(12-11-19)17(21)13-14(2)15-5-7-16(18)8-6-15/h5-8,14H,3-4,9-13H2,1-2H3/t14-/m1/s1. The van der Waals surface area contributed by atoms with Crippen molar-refractivity contribution in [3.8, 4) is 0 Å². The highest BCUT2D eigenvalue weighted by Gasteiger charge is 2.20. The number of hydrogen-bond acceptors (Lipinski definition) is 2. The van der Waals surface area contributed by atoms with Crippen molar-refractivity contribution in [2.45, 2.75) is 32.6 Å². The smallest absolute Gasteiger partial charge is 0.223 e. The van der Waals surface area contributed by atoms with Crippen LogP contribution in [0.15, 0.2) is 24.3 Å². The van der Waals surface area contributed by atoms with Crippen LogP contribution in [-0.4, -0.2) is 48.4 Å². The normalized spacial score (nSPS) is 18.3. The number of carbonyl (C=O) groups is 1. The summed E-state index contributed by atoms with van der Waals surface area (Å²) in [4.78, 5) is 16.8. The summed E-state index contributed by atoms with van der Waals surface area (Å²) in [7, 11) is 0. The minimum Gasteiger partial charge on any atom is -0.341 e. The lowest BCUT2D eigenvalue weighted by Gasteiger charge is -2.23. The van der Waals surface area contributed by atoms with Crippen molar-refractivity contribution in [3.05, 3.63) is 35.6 Å². The maximum atomic E-state index is 12.9. The summed E-state index contributed by atoms with van der Waals surface area (Å²) in [5.41, 5.74) is 1.02. The molecule has 1 heterocycles. The molecule has 4 heteroatoms. The Morgan fingerprint density at radius 1 is 1.19 bits per heavy atom. The highest BCUT2D eigenvalue weighted by atomic mass is 19.1. The fourth-order valence-corrected chi connectivity index (χ4v) is 2.84. The summed E-state index contributed by atoms with van der Waals surface area (Å²) >= 11 is 0. The number of hydrogen-bond donors (Lipinski definition) is 0. The second-order valence-corrected chi connectivity index (χ2v) is 5.83. The number of halogens is 1. The van der Waals surface area contributed by atoms with Crippen LogP contribution < -0.4 is 0 Å². The first-order valence-electron chi connectivity index (χ1n) is 7.85. The van der Waals surface area contributed by atoms with Crippen LogP contribution in [-0.2, 0) is 4.79 Å². The zero-order valence-corrected chi connectivity index (χ0v) is 13.0. The molecule has 0 unspecified atom stereocenters. The van der Waals surface area contributed by atoms with Crippen molar-refractivity contribution in [2.24, 2.45) is 0 Å². The molecule has 1 amide bonds. The molecule has 1 aliphatic rings. The monoisotopic (exact) mass is 292 g/mol. The van der Waals surface area contributed by atoms with Gasteiger partial charge in [-0.2, -0.15) is 0 Å². The fourth-order valence-electron chi connectivity index (χ4n) is 2.84. The summed E-state index contributed by atoms with van der Waals surface area (Å²) in [6.07, 6.45) is 1.54. The zero-order chi connectivity index (χ0) is 15.2. The van der Waals surface area contributed by atoms with Crippen LogP contribution in [0.2, 0.25) is 0 Å². The molecule has 3 nitrogen and oxygen atoms in total. The third-order valence-electron chi connectivity index (χ3n) is 4.31. The number of nitrogens with zero attached hydrogens (tertiary/aromatic N) is 2. The molecule has 0 aliphatic carbocycles. The average Bonchev–Trinajstić information content (AvgIpc) is 2.73. The Kier molecular flexibility index (Phi) is 5.74. The molecule has 0 spiro atoms. The summed E-state index contributed by atoms with van der Waals surface area (Å²) in [6.45, 7) is 8.96. The highest BCUT2D eigenvalue weighted by molar-refractivity contribution is 5.77. The molecule has 1 aromatic carbocycles. The van der Waals surface area contributed by atoms with E-state index in [1.807, 2.05) is 11.8 Å². The van der Waals surface area contributed by atoms with E-state index in [4.69, 9.17) is 0 Å². The first-order valence-corrected chi connectivity index (χ1v) is 7.85. The number of amides is 1. The largest absolute Gasteiger partial charge is 0.341 e. The van der Waals surface area contributed by atoms with Gasteiger partial charge >= 0.3 is 0 Å². The fraction of sp³-hybridized carbons (Fsp3) is 0.588. The van der Waals surface area contributed by atoms with E-state index < -0.39 is 0 Å². The Morgan fingerprint density at radius 3 is 2.57 bits per heavy atom. The number of rotatable bonds is 4. The molecule has 116 valence electrons. The van der Waals surface area contributed by atoms with Crippen molar-refractivity contribution in [1.29, 1.82) is 0 Å². The first kappa shape index (κ1) is 16.0. The molecular formula is C17H25FN2O. The summed E-state index contributed by atoms with van der Waals surface area (Å²) in [6, 6.07) is 6.46. The lowest BCUT2D eigenvalue weighted by Crippen LogP contribution is -2.35. The van der Waals surface area contributed by atoms with E-state index in [0.29, 0.717) is 6.42 Å². The Hall–Kier alpha value is -1.42. The maximum absolute atomic E-state index is 12.9. The van der Waals surface area contributed by atoms with Crippen molar-refractivity contribution in [1.82, 2.24) is 9.80 Å². The molecule has 1 saturated heterocycles. The van der Waals surface area contributed by atoms with Crippen molar-refractivity contribution >= 4 is 5.91 Å². The Labute approximate surface area is 126 Å². The molecule has 0 saturated carbocycles. The van der Waals surface area contributed by atoms with Gasteiger partial charge in [0.1, 0.15) is 5.82 Å². The van der Waals surface area contributed by atoms with Gasteiger partial charge in [0.05, 0.1) is 0 Å². The number of carbonyl (C=O) groups excluding carboxylic acids is 1. The Morgan fingerprint density at radius 2 is 1.90 bits per heavy atom. The predicted octanol–water partition coefficient (Wildman–Crippen LogP) is 2.87. The molecule has 2 rings (SSSR count). The van der Waals surface area contributed by atoms with Crippen LogP contribution in [0, 0.1) is 5.82 Å². The predicted molar refractivity (Wildman–Crippen MR) is 82.7 cm³/mol. The van der Waals surface area contributed by atoms with Crippen LogP contribution in [0.1, 0.15) is 38.2 Å². The Bertz CT molecular complexity index is 460. The van der Waals surface area contributed by atoms with Crippen LogP contribution in [0.5, 0.6) is 0 Å². The van der Waals surface area contributed by atoms with Gasteiger partial charge in [-0.3, -0.25) is 4.79 Å². The summed E-state index contributed by atoms with van der Waals surface area (Å²) < 4.78 is 12.9. The van der Waals surface area contributed by atoms with E-state index in [1.54, 1.807) is 12.1 Å². The van der Waals surface area contributed by atoms with Gasteiger partial charge < -0.3 is 9.80 Å². The van der Waals surface area contributed by atoms with Gasteiger partial charge in [0.25, 0.3) is 0 Å². The number of likely N-dealkylation sites (N-methyl/N-ethyl adjacent to an activating group) is 1. The quantitative estimate of drug-likeness (QED) is 0.852. The zero-order valence-electron chi connectivity index (χ0n) is 13.0. The molecule has 0 N–H and O–H groups in total. The van der Waals surface area contributed by atoms with E-state index in [-0.39, 0.29) is 17.6 Å². The molecule has 1 aliphatic heterocycles. The van der Waals surface area contributed by atoms with Gasteiger partial charge in [0, 0.05) is 26.1 Å². The van der Waals surface area contributed by atoms with Crippen LogP contribution >= 0.6 is 0 Å². The number of benzene rings is 1. The minimum atomic E-state index is -0.232. The van der Waals surface area contributed by atoms with E-state index in [1.165, 1.54) is 12.1 Å². The van der Waals surface area contributed by atoms with Gasteiger partial charge in [-0.25, -0.2) is 4.39 Å². The topological polar surface area (TPSA) is 23.6 Å². The van der Waals surface area contributed by atoms with Gasteiger partial charge in [-0.05, 0) is 43.1 Å². The van der Waals surface area contributed by atoms with Gasteiger partial charge in [-0.1, -0.05) is 26.0 Å². The molecule has 21 heavy (non-hydrogen) atoms. The highest BCUT2D eigenvalue weighted by Crippen LogP contribution is 2.20. The first-order chi connectivity index (χ1) is 10.1. The van der Waals surface area contributed by atoms with Crippen LogP contribution in [0.25, 0.3) is 0 Å². The van der Waals surface area contributed by atoms with Crippen LogP contribution in [0.4, 0.5) is 4.39 Å². The maximum Gasteiger partial charge on any atom is 0.223 e. The second-order valence-electron chi connectivity index (χ2n) is 5.83. The third kappa shape index (κ3) is 4.53. The van der Waals surface area contributed by atoms with Crippen molar-refractivity contribution in [3.63, 3.8) is 0 Å². The van der Waals surface area contributed by atoms with Gasteiger partial charge in [-0.15, -0.1) is 0 Å². The lowest BCUT2D eigenvalue weighted by molar-refractivity contribution is -0.131. The second kappa shape index (κ2) is 7.55. The Balaban J connectivity index is 1.89. The molecule has 0 aromatic heterocycles. The molecule has 1 aromatic rings. The SMILES string of the molecule is CCN1CCCN(C(=O)C[C@@H](C)c2ccc(F)cc2)CC1. The van der Waals surface area contributed by atoms with Crippen molar-refractivity contribution < 1.29 is 9.18 Å². The van der Waals surface area contributed by atoms with E-state index in [0.717, 1.165) is 44.7 Å². The van der Waals surface area contributed by atoms with E-state index >= 15 is 0 Å². The van der Waals surface area contributed by atoms with E-state index in [9.17, 15) is 9.18 Å². The van der Waals surface area contributed by atoms with Gasteiger partial charge in [0.15, 0.2) is 0 Å². The summed E-state index contributed by atoms with van der Waals surface area (Å²) in [5.74, 6) is 0.109. The van der Waals surface area contributed by atoms with Gasteiger partial charge in [0.2, 0.25) is 5.91 Å². The molecule has 0 bridgehead atoms. The molecule has 1 atom stereocenters. The lowest BCUT2D eigenvalue weighted by atomic mass is 9.97. The summed E-state index contributed by atoms with van der Waals surface area (Å²) in [5, 5.41) is 0. The van der Waals surface area contributed by atoms with Crippen LogP contribution in [0.3, 0.4) is 0 Å². The third-order valence-corrected chi connectivity index (χ3v) is 4.31. The molecule has 0 radical (unpaired) electrons. The molecule has 1 fully saturated rings. The van der Waals surface area contributed by atoms with E-state index in [2.05, 4.69) is 11.8 Å². The molecular weight excluding hydrogens is 267 g/mol. The average molecular weight is 292 g/mol. The van der Waals surface area contributed by atoms with Crippen molar-refractivity contribution in [2.75, 3.05) is 32.7 Å². The minimum absolute atomic E-state index is 0.128.